The number of nitrogens with zero attached hydrogens (tertiary/aromatic N) is 4. The van der Waals surface area contributed by atoms with E-state index in [0.29, 0.717) is 17.8 Å². The van der Waals surface area contributed by atoms with E-state index < -0.39 is 0 Å². The average Bonchev–Trinajstić information content (AvgIpc) is 3.35. The summed E-state index contributed by atoms with van der Waals surface area (Å²) in [5.74, 6) is 0.920. The van der Waals surface area contributed by atoms with Gasteiger partial charge < -0.3 is 10.2 Å². The molecule has 1 fully saturated rings. The lowest BCUT2D eigenvalue weighted by Gasteiger charge is -2.20. The normalized spacial score (nSPS) is 16.6. The molecule has 1 aromatic carbocycles. The largest absolute Gasteiger partial charge is 0.354 e. The summed E-state index contributed by atoms with van der Waals surface area (Å²) in [4.78, 5) is 31.2. The molecule has 31 heavy (non-hydrogen) atoms. The molecule has 0 bridgehead atoms. The second-order valence-electron chi connectivity index (χ2n) is 9.27. The number of carbonyl (C=O) groups excluding carboxylic acids is 2. The Labute approximate surface area is 182 Å². The smallest absolute Gasteiger partial charge is 0.217 e. The molecular formula is C24H29N5O2. The number of fused-ring (bicyclic) bond motifs is 1. The fourth-order valence-electron chi connectivity index (χ4n) is 4.06. The standard InChI is InChI=1S/C24H29N5O2/c1-16(30)26-19-10-12-28(15-19)23-14-20(27-22-9-11-25-29(22)23)13-21(31)17-5-7-18(8-6-17)24(2,3)4/h5-9,11,14,19H,10,12-13,15H2,1-4H3,(H,26,30)/t19-/m1/s1. The summed E-state index contributed by atoms with van der Waals surface area (Å²) in [7, 11) is 0. The number of nitrogens with one attached hydrogen (secondary N) is 1. The van der Waals surface area contributed by atoms with E-state index in [1.54, 1.807) is 17.6 Å². The molecule has 7 heteroatoms. The van der Waals surface area contributed by atoms with Gasteiger partial charge in [-0.3, -0.25) is 9.59 Å². The Morgan fingerprint density at radius 3 is 2.58 bits per heavy atom. The average molecular weight is 420 g/mol. The molecule has 0 unspecified atom stereocenters. The summed E-state index contributed by atoms with van der Waals surface area (Å²) in [6, 6.07) is 11.8. The van der Waals surface area contributed by atoms with Gasteiger partial charge in [-0.15, -0.1) is 0 Å². The van der Waals surface area contributed by atoms with Crippen molar-refractivity contribution in [1.29, 1.82) is 0 Å². The van der Waals surface area contributed by atoms with Crippen LogP contribution in [0.4, 0.5) is 5.82 Å². The van der Waals surface area contributed by atoms with Crippen molar-refractivity contribution in [2.45, 2.75) is 52.0 Å². The van der Waals surface area contributed by atoms with Gasteiger partial charge in [-0.05, 0) is 17.4 Å². The predicted octanol–water partition coefficient (Wildman–Crippen LogP) is 3.17. The van der Waals surface area contributed by atoms with Crippen LogP contribution in [0, 0.1) is 0 Å². The van der Waals surface area contributed by atoms with E-state index in [4.69, 9.17) is 0 Å². The molecule has 3 heterocycles. The van der Waals surface area contributed by atoms with Crippen molar-refractivity contribution in [1.82, 2.24) is 19.9 Å². The molecule has 162 valence electrons. The lowest BCUT2D eigenvalue weighted by Crippen LogP contribution is -2.36. The maximum atomic E-state index is 12.9. The Morgan fingerprint density at radius 2 is 1.90 bits per heavy atom. The number of amides is 1. The molecule has 1 atom stereocenters. The van der Waals surface area contributed by atoms with Crippen LogP contribution in [0.25, 0.3) is 5.65 Å². The van der Waals surface area contributed by atoms with Gasteiger partial charge in [0.05, 0.1) is 18.3 Å². The summed E-state index contributed by atoms with van der Waals surface area (Å²) in [5, 5.41) is 7.39. The number of anilines is 1. The van der Waals surface area contributed by atoms with E-state index in [1.807, 2.05) is 36.4 Å². The predicted molar refractivity (Wildman–Crippen MR) is 121 cm³/mol. The molecule has 0 aliphatic carbocycles. The highest BCUT2D eigenvalue weighted by molar-refractivity contribution is 5.97. The third-order valence-corrected chi connectivity index (χ3v) is 5.73. The van der Waals surface area contributed by atoms with Crippen molar-refractivity contribution < 1.29 is 9.59 Å². The van der Waals surface area contributed by atoms with Crippen molar-refractivity contribution in [3.63, 3.8) is 0 Å². The third-order valence-electron chi connectivity index (χ3n) is 5.73. The number of rotatable bonds is 5. The first-order chi connectivity index (χ1) is 14.7. The van der Waals surface area contributed by atoms with Gasteiger partial charge >= 0.3 is 0 Å². The summed E-state index contributed by atoms with van der Waals surface area (Å²) in [6.45, 7) is 9.53. The maximum Gasteiger partial charge on any atom is 0.217 e. The van der Waals surface area contributed by atoms with Gasteiger partial charge in [0.15, 0.2) is 11.4 Å². The first kappa shape index (κ1) is 21.0. The van der Waals surface area contributed by atoms with E-state index in [2.05, 4.69) is 41.1 Å². The summed E-state index contributed by atoms with van der Waals surface area (Å²) in [6.07, 6.45) is 2.82. The fraction of sp³-hybridized carbons (Fsp3) is 0.417. The Kier molecular flexibility index (Phi) is 5.52. The van der Waals surface area contributed by atoms with Crippen LogP contribution in [0.15, 0.2) is 42.6 Å². The van der Waals surface area contributed by atoms with Crippen molar-refractivity contribution in [2.75, 3.05) is 18.0 Å². The van der Waals surface area contributed by atoms with Crippen LogP contribution in [0.1, 0.15) is 55.7 Å². The third kappa shape index (κ3) is 4.60. The Morgan fingerprint density at radius 1 is 1.16 bits per heavy atom. The number of hydrogen-bond donors (Lipinski definition) is 1. The van der Waals surface area contributed by atoms with Crippen LogP contribution in [-0.4, -0.2) is 45.4 Å². The molecule has 1 aliphatic heterocycles. The minimum absolute atomic E-state index is 0.0189. The van der Waals surface area contributed by atoms with Crippen molar-refractivity contribution in [2.24, 2.45) is 0 Å². The first-order valence-electron chi connectivity index (χ1n) is 10.7. The van der Waals surface area contributed by atoms with Gasteiger partial charge in [0.1, 0.15) is 5.82 Å². The van der Waals surface area contributed by atoms with E-state index in [-0.39, 0.29) is 29.6 Å². The number of benzene rings is 1. The second-order valence-corrected chi connectivity index (χ2v) is 9.27. The first-order valence-corrected chi connectivity index (χ1v) is 10.7. The van der Waals surface area contributed by atoms with E-state index in [0.717, 1.165) is 24.5 Å². The molecule has 0 radical (unpaired) electrons. The number of ketones is 1. The van der Waals surface area contributed by atoms with Gasteiger partial charge in [0.2, 0.25) is 5.91 Å². The summed E-state index contributed by atoms with van der Waals surface area (Å²) < 4.78 is 1.79. The molecule has 4 rings (SSSR count). The highest BCUT2D eigenvalue weighted by atomic mass is 16.1. The Bertz CT molecular complexity index is 1110. The highest BCUT2D eigenvalue weighted by Gasteiger charge is 2.26. The Balaban J connectivity index is 1.56. The van der Waals surface area contributed by atoms with Gasteiger partial charge in [0.25, 0.3) is 0 Å². The van der Waals surface area contributed by atoms with Gasteiger partial charge in [-0.2, -0.15) is 9.61 Å². The molecular weight excluding hydrogens is 390 g/mol. The van der Waals surface area contributed by atoms with E-state index in [1.165, 1.54) is 5.56 Å². The molecule has 0 saturated carbocycles. The number of hydrogen-bond acceptors (Lipinski definition) is 5. The molecule has 2 aromatic heterocycles. The van der Waals surface area contributed by atoms with Gasteiger partial charge in [-0.25, -0.2) is 4.98 Å². The lowest BCUT2D eigenvalue weighted by molar-refractivity contribution is -0.119. The molecule has 0 spiro atoms. The Hall–Kier alpha value is -3.22. The zero-order chi connectivity index (χ0) is 22.2. The van der Waals surface area contributed by atoms with Crippen LogP contribution in [-0.2, 0) is 16.6 Å². The number of carbonyl (C=O) groups is 2. The number of aromatic nitrogens is 3. The monoisotopic (exact) mass is 419 g/mol. The summed E-state index contributed by atoms with van der Waals surface area (Å²) >= 11 is 0. The van der Waals surface area contributed by atoms with E-state index >= 15 is 0 Å². The van der Waals surface area contributed by atoms with Crippen molar-refractivity contribution >= 4 is 23.2 Å². The highest BCUT2D eigenvalue weighted by Crippen LogP contribution is 2.24. The molecule has 7 nitrogen and oxygen atoms in total. The minimum atomic E-state index is -0.0189. The van der Waals surface area contributed by atoms with E-state index in [9.17, 15) is 9.59 Å². The molecule has 1 saturated heterocycles. The molecule has 1 amide bonds. The fourth-order valence-corrected chi connectivity index (χ4v) is 4.06. The lowest BCUT2D eigenvalue weighted by atomic mass is 9.86. The zero-order valence-electron chi connectivity index (χ0n) is 18.6. The number of Topliss-reactive ketones (excluding diaryl/α,β-unsaturated/α-hetero) is 1. The van der Waals surface area contributed by atoms with Crippen molar-refractivity contribution in [3.8, 4) is 0 Å². The van der Waals surface area contributed by atoms with Crippen LogP contribution in [0.3, 0.4) is 0 Å². The van der Waals surface area contributed by atoms with Gasteiger partial charge in [-0.1, -0.05) is 45.0 Å². The van der Waals surface area contributed by atoms with Crippen molar-refractivity contribution in [3.05, 3.63) is 59.4 Å². The second kappa shape index (κ2) is 8.13. The van der Waals surface area contributed by atoms with Gasteiger partial charge in [0, 0.05) is 43.8 Å². The molecule has 3 aromatic rings. The maximum absolute atomic E-state index is 12.9. The quantitative estimate of drug-likeness (QED) is 0.643. The van der Waals surface area contributed by atoms with Crippen LogP contribution >= 0.6 is 0 Å². The van der Waals surface area contributed by atoms with Crippen LogP contribution in [0.2, 0.25) is 0 Å². The molecule has 1 N–H and O–H groups in total. The summed E-state index contributed by atoms with van der Waals surface area (Å²) in [5.41, 5.74) is 3.38. The SMILES string of the molecule is CC(=O)N[C@@H]1CCN(c2cc(CC(=O)c3ccc(C(C)(C)C)cc3)nc3ccnn23)C1. The minimum Gasteiger partial charge on any atom is -0.354 e. The van der Waals surface area contributed by atoms with Crippen LogP contribution < -0.4 is 10.2 Å². The topological polar surface area (TPSA) is 79.6 Å². The molecule has 1 aliphatic rings. The van der Waals surface area contributed by atoms with Crippen LogP contribution in [0.5, 0.6) is 0 Å². The zero-order valence-corrected chi connectivity index (χ0v) is 18.6.